The van der Waals surface area contributed by atoms with E-state index in [1.807, 2.05) is 0 Å². The number of sulfonamides is 1. The molecule has 0 amide bonds. The van der Waals surface area contributed by atoms with E-state index in [0.717, 1.165) is 12.1 Å². The van der Waals surface area contributed by atoms with Crippen LogP contribution in [0.1, 0.15) is 5.82 Å². The zero-order chi connectivity index (χ0) is 14.0. The minimum Gasteiger partial charge on any atom is -0.396 e. The minimum absolute atomic E-state index is 0.0387. The highest BCUT2D eigenvalue weighted by atomic mass is 35.5. The summed E-state index contributed by atoms with van der Waals surface area (Å²) in [5.74, 6) is -0.329. The Labute approximate surface area is 113 Å². The summed E-state index contributed by atoms with van der Waals surface area (Å²) in [6.45, 7) is -0.0387. The Kier molecular flexibility index (Phi) is 3.74. The van der Waals surface area contributed by atoms with Gasteiger partial charge in [-0.3, -0.25) is 0 Å². The van der Waals surface area contributed by atoms with Crippen LogP contribution in [-0.2, 0) is 16.6 Å². The molecule has 2 rings (SSSR count). The van der Waals surface area contributed by atoms with Gasteiger partial charge in [-0.1, -0.05) is 11.6 Å². The largest absolute Gasteiger partial charge is 0.396 e. The average Bonchev–Trinajstić information content (AvgIpc) is 2.84. The van der Waals surface area contributed by atoms with Crippen molar-refractivity contribution in [3.05, 3.63) is 41.2 Å². The lowest BCUT2D eigenvalue weighted by Gasteiger charge is -2.08. The topological polar surface area (TPSA) is 101 Å². The molecule has 1 aromatic carbocycles. The maximum Gasteiger partial charge on any atom is 0.242 e. The first-order chi connectivity index (χ1) is 8.90. The fourth-order valence-electron chi connectivity index (χ4n) is 1.39. The number of aromatic nitrogens is 2. The number of halogens is 2. The fourth-order valence-corrected chi connectivity index (χ4v) is 2.92. The van der Waals surface area contributed by atoms with Gasteiger partial charge in [-0.15, -0.1) is 0 Å². The van der Waals surface area contributed by atoms with E-state index in [2.05, 4.69) is 14.7 Å². The van der Waals surface area contributed by atoms with Gasteiger partial charge < -0.3 is 10.7 Å². The Hall–Kier alpha value is -1.64. The van der Waals surface area contributed by atoms with Gasteiger partial charge in [0.2, 0.25) is 10.0 Å². The van der Waals surface area contributed by atoms with Crippen LogP contribution in [0.25, 0.3) is 0 Å². The van der Waals surface area contributed by atoms with E-state index in [4.69, 9.17) is 17.3 Å². The molecule has 0 fully saturated rings. The van der Waals surface area contributed by atoms with E-state index in [1.165, 1.54) is 6.20 Å². The predicted molar refractivity (Wildman–Crippen MR) is 68.4 cm³/mol. The van der Waals surface area contributed by atoms with Crippen molar-refractivity contribution in [2.75, 3.05) is 5.73 Å². The number of nitrogens with two attached hydrogens (primary N) is 1. The second kappa shape index (κ2) is 5.16. The van der Waals surface area contributed by atoms with Crippen LogP contribution in [0.15, 0.2) is 29.4 Å². The Morgan fingerprint density at radius 1 is 1.47 bits per heavy atom. The summed E-state index contributed by atoms with van der Waals surface area (Å²) >= 11 is 5.71. The zero-order valence-corrected chi connectivity index (χ0v) is 11.1. The highest BCUT2D eigenvalue weighted by molar-refractivity contribution is 7.89. The molecular formula is C10H10ClFN4O2S. The number of hydrogen-bond acceptors (Lipinski definition) is 4. The molecule has 0 saturated carbocycles. The molecule has 0 aliphatic carbocycles. The minimum atomic E-state index is -3.89. The number of rotatable bonds is 4. The number of anilines is 1. The number of benzene rings is 1. The quantitative estimate of drug-likeness (QED) is 0.740. The van der Waals surface area contributed by atoms with E-state index in [1.54, 1.807) is 6.20 Å². The Morgan fingerprint density at radius 3 is 2.84 bits per heavy atom. The van der Waals surface area contributed by atoms with Crippen molar-refractivity contribution in [2.24, 2.45) is 0 Å². The SMILES string of the molecule is Nc1cc(S(=O)(=O)NCc2ncc[nH]2)c(Cl)cc1F. The van der Waals surface area contributed by atoms with Crippen LogP contribution in [-0.4, -0.2) is 18.4 Å². The van der Waals surface area contributed by atoms with E-state index >= 15 is 0 Å². The number of H-pyrrole nitrogens is 1. The van der Waals surface area contributed by atoms with Crippen molar-refractivity contribution in [3.8, 4) is 0 Å². The zero-order valence-electron chi connectivity index (χ0n) is 9.52. The van der Waals surface area contributed by atoms with Crippen molar-refractivity contribution in [3.63, 3.8) is 0 Å². The van der Waals surface area contributed by atoms with E-state index < -0.39 is 15.8 Å². The van der Waals surface area contributed by atoms with Crippen LogP contribution in [0.4, 0.5) is 10.1 Å². The molecule has 0 aliphatic rings. The molecule has 4 N–H and O–H groups in total. The van der Waals surface area contributed by atoms with Crippen LogP contribution < -0.4 is 10.5 Å². The summed E-state index contributed by atoms with van der Waals surface area (Å²) in [5, 5.41) is -0.237. The summed E-state index contributed by atoms with van der Waals surface area (Å²) in [5.41, 5.74) is 5.04. The van der Waals surface area contributed by atoms with Gasteiger partial charge in [-0.25, -0.2) is 22.5 Å². The van der Waals surface area contributed by atoms with Crippen LogP contribution in [0.2, 0.25) is 5.02 Å². The second-order valence-electron chi connectivity index (χ2n) is 3.66. The molecule has 9 heteroatoms. The monoisotopic (exact) mass is 304 g/mol. The Morgan fingerprint density at radius 2 is 2.21 bits per heavy atom. The highest BCUT2D eigenvalue weighted by Crippen LogP contribution is 2.26. The molecule has 6 nitrogen and oxygen atoms in total. The van der Waals surface area contributed by atoms with E-state index in [0.29, 0.717) is 5.82 Å². The van der Waals surface area contributed by atoms with Crippen LogP contribution in [0.5, 0.6) is 0 Å². The molecule has 1 heterocycles. The van der Waals surface area contributed by atoms with Crippen molar-refractivity contribution in [2.45, 2.75) is 11.4 Å². The van der Waals surface area contributed by atoms with Crippen molar-refractivity contribution in [1.82, 2.24) is 14.7 Å². The van der Waals surface area contributed by atoms with Gasteiger partial charge in [0.25, 0.3) is 0 Å². The van der Waals surface area contributed by atoms with Crippen molar-refractivity contribution in [1.29, 1.82) is 0 Å². The second-order valence-corrected chi connectivity index (χ2v) is 5.81. The normalized spacial score (nSPS) is 11.7. The molecular weight excluding hydrogens is 295 g/mol. The number of nitrogens with zero attached hydrogens (tertiary/aromatic N) is 1. The van der Waals surface area contributed by atoms with Gasteiger partial charge in [0.1, 0.15) is 16.5 Å². The molecule has 102 valence electrons. The van der Waals surface area contributed by atoms with Gasteiger partial charge in [0.05, 0.1) is 17.3 Å². The number of imidazole rings is 1. The Balaban J connectivity index is 2.27. The lowest BCUT2D eigenvalue weighted by molar-refractivity contribution is 0.579. The first-order valence-corrected chi connectivity index (χ1v) is 6.98. The third-order valence-corrected chi connectivity index (χ3v) is 4.19. The molecule has 1 aromatic heterocycles. The predicted octanol–water partition coefficient (Wildman–Crippen LogP) is 1.26. The number of hydrogen-bond donors (Lipinski definition) is 3. The summed E-state index contributed by atoms with van der Waals surface area (Å²) in [6, 6.07) is 1.83. The third kappa shape index (κ3) is 3.03. The summed E-state index contributed by atoms with van der Waals surface area (Å²) in [4.78, 5) is 6.33. The first-order valence-electron chi connectivity index (χ1n) is 5.12. The smallest absolute Gasteiger partial charge is 0.242 e. The van der Waals surface area contributed by atoms with Gasteiger partial charge in [0.15, 0.2) is 0 Å². The fraction of sp³-hybridized carbons (Fsp3) is 0.100. The van der Waals surface area contributed by atoms with E-state index in [-0.39, 0.29) is 22.2 Å². The molecule has 0 atom stereocenters. The Bertz CT molecular complexity index is 688. The lowest BCUT2D eigenvalue weighted by Crippen LogP contribution is -2.24. The number of nitrogen functional groups attached to an aromatic ring is 1. The van der Waals surface area contributed by atoms with Crippen molar-refractivity contribution < 1.29 is 12.8 Å². The maximum absolute atomic E-state index is 13.1. The molecule has 0 spiro atoms. The third-order valence-electron chi connectivity index (χ3n) is 2.33. The van der Waals surface area contributed by atoms with Crippen LogP contribution in [0, 0.1) is 5.82 Å². The van der Waals surface area contributed by atoms with Gasteiger partial charge in [0, 0.05) is 12.4 Å². The number of aromatic amines is 1. The van der Waals surface area contributed by atoms with Gasteiger partial charge in [-0.2, -0.15) is 0 Å². The van der Waals surface area contributed by atoms with Crippen molar-refractivity contribution >= 4 is 27.3 Å². The maximum atomic E-state index is 13.1. The molecule has 0 aliphatic heterocycles. The first kappa shape index (κ1) is 13.8. The van der Waals surface area contributed by atoms with E-state index in [9.17, 15) is 12.8 Å². The summed E-state index contributed by atoms with van der Waals surface area (Å²) in [7, 11) is -3.89. The van der Waals surface area contributed by atoms with Gasteiger partial charge >= 0.3 is 0 Å². The molecule has 19 heavy (non-hydrogen) atoms. The molecule has 2 aromatic rings. The molecule has 0 bridgehead atoms. The standard InChI is InChI=1S/C10H10ClFN4O2S/c11-6-3-7(12)8(13)4-9(6)19(17,18)16-5-10-14-1-2-15-10/h1-4,16H,5,13H2,(H,14,15). The molecule has 0 radical (unpaired) electrons. The number of nitrogens with one attached hydrogen (secondary N) is 2. The highest BCUT2D eigenvalue weighted by Gasteiger charge is 2.20. The van der Waals surface area contributed by atoms with Crippen LogP contribution in [0.3, 0.4) is 0 Å². The average molecular weight is 305 g/mol. The lowest BCUT2D eigenvalue weighted by atomic mass is 10.3. The van der Waals surface area contributed by atoms with Gasteiger partial charge in [-0.05, 0) is 12.1 Å². The summed E-state index contributed by atoms with van der Waals surface area (Å²) < 4.78 is 39.4. The molecule has 0 unspecified atom stereocenters. The molecule has 0 saturated heterocycles. The summed E-state index contributed by atoms with van der Waals surface area (Å²) in [6.07, 6.45) is 3.05. The van der Waals surface area contributed by atoms with Crippen LogP contribution >= 0.6 is 11.6 Å².